The number of pyridine rings is 2. The van der Waals surface area contributed by atoms with Crippen LogP contribution in [0.1, 0.15) is 53.9 Å². The van der Waals surface area contributed by atoms with Crippen LogP contribution in [-0.2, 0) is 22.7 Å². The topological polar surface area (TPSA) is 79.7 Å². The number of ether oxygens (including phenoxy) is 3. The Morgan fingerprint density at radius 1 is 1.03 bits per heavy atom. The van der Waals surface area contributed by atoms with E-state index in [1.54, 1.807) is 11.5 Å². The third-order valence-electron chi connectivity index (χ3n) is 6.78. The zero-order valence-corrected chi connectivity index (χ0v) is 16.4. The van der Waals surface area contributed by atoms with Gasteiger partial charge in [0, 0.05) is 17.0 Å². The first-order chi connectivity index (χ1) is 14.6. The minimum atomic E-state index is -0.450. The highest BCUT2D eigenvalue weighted by molar-refractivity contribution is 5.92. The van der Waals surface area contributed by atoms with Gasteiger partial charge in [-0.05, 0) is 48.9 Å². The standard InChI is InChI=1S/C23H18N2O5/c1-10-12-4-17-21-14(7-25(17)22(26)15(12)8-28-23(10)27)20(11-2-3-11)13-5-18-19(30-9-29-18)6-16(13)24-21/h4-6,10-11H,2-3,7-9H2,1H3. The van der Waals surface area contributed by atoms with Crippen LogP contribution in [0.4, 0.5) is 0 Å². The second-order valence-corrected chi connectivity index (χ2v) is 8.53. The fourth-order valence-electron chi connectivity index (χ4n) is 5.07. The lowest BCUT2D eigenvalue weighted by molar-refractivity contribution is -0.147. The lowest BCUT2D eigenvalue weighted by atomic mass is 9.93. The van der Waals surface area contributed by atoms with Gasteiger partial charge in [-0.25, -0.2) is 4.98 Å². The van der Waals surface area contributed by atoms with Crippen LogP contribution in [0.5, 0.6) is 11.5 Å². The van der Waals surface area contributed by atoms with Gasteiger partial charge in [0.05, 0.1) is 34.9 Å². The zero-order chi connectivity index (χ0) is 20.1. The van der Waals surface area contributed by atoms with E-state index in [9.17, 15) is 9.59 Å². The van der Waals surface area contributed by atoms with E-state index in [0.29, 0.717) is 23.8 Å². The molecule has 4 aliphatic rings. The molecule has 150 valence electrons. The largest absolute Gasteiger partial charge is 0.460 e. The van der Waals surface area contributed by atoms with E-state index in [4.69, 9.17) is 19.2 Å². The van der Waals surface area contributed by atoms with Gasteiger partial charge in [-0.3, -0.25) is 9.59 Å². The fraction of sp³-hybridized carbons (Fsp3) is 0.348. The molecule has 1 aromatic carbocycles. The molecule has 2 aromatic heterocycles. The molecular weight excluding hydrogens is 384 g/mol. The molecule has 1 fully saturated rings. The van der Waals surface area contributed by atoms with Crippen molar-refractivity contribution >= 4 is 16.9 Å². The molecule has 0 amide bonds. The van der Waals surface area contributed by atoms with Crippen molar-refractivity contribution in [2.75, 3.05) is 6.79 Å². The third kappa shape index (κ3) is 2.02. The molecule has 5 heterocycles. The molecule has 7 rings (SSSR count). The highest BCUT2D eigenvalue weighted by atomic mass is 16.7. The summed E-state index contributed by atoms with van der Waals surface area (Å²) in [6.07, 6.45) is 2.28. The Labute approximate surface area is 171 Å². The van der Waals surface area contributed by atoms with E-state index < -0.39 is 5.92 Å². The first-order valence-corrected chi connectivity index (χ1v) is 10.3. The van der Waals surface area contributed by atoms with Gasteiger partial charge in [0.1, 0.15) is 6.61 Å². The highest BCUT2D eigenvalue weighted by Gasteiger charge is 2.37. The van der Waals surface area contributed by atoms with Crippen molar-refractivity contribution in [3.05, 3.63) is 50.8 Å². The molecule has 0 radical (unpaired) electrons. The van der Waals surface area contributed by atoms with Gasteiger partial charge in [-0.15, -0.1) is 0 Å². The smallest absolute Gasteiger partial charge is 0.313 e. The van der Waals surface area contributed by atoms with E-state index >= 15 is 0 Å². The van der Waals surface area contributed by atoms with E-state index in [1.807, 2.05) is 18.2 Å². The van der Waals surface area contributed by atoms with E-state index in [2.05, 4.69) is 0 Å². The predicted molar refractivity (Wildman–Crippen MR) is 107 cm³/mol. The van der Waals surface area contributed by atoms with Crippen LogP contribution in [0, 0.1) is 0 Å². The summed E-state index contributed by atoms with van der Waals surface area (Å²) < 4.78 is 18.2. The number of aromatic nitrogens is 2. The summed E-state index contributed by atoms with van der Waals surface area (Å²) in [5.74, 6) is 1.19. The second-order valence-electron chi connectivity index (χ2n) is 8.53. The van der Waals surface area contributed by atoms with Crippen LogP contribution in [0.3, 0.4) is 0 Å². The molecule has 0 spiro atoms. The van der Waals surface area contributed by atoms with E-state index in [0.717, 1.165) is 52.0 Å². The second kappa shape index (κ2) is 5.41. The lowest BCUT2D eigenvalue weighted by Crippen LogP contribution is -2.31. The normalized spacial score (nSPS) is 20.7. The molecule has 1 atom stereocenters. The van der Waals surface area contributed by atoms with Crippen LogP contribution < -0.4 is 15.0 Å². The maximum absolute atomic E-state index is 13.3. The summed E-state index contributed by atoms with van der Waals surface area (Å²) in [4.78, 5) is 30.3. The number of benzene rings is 1. The Hall–Kier alpha value is -3.35. The minimum absolute atomic E-state index is 0.0419. The molecule has 1 aliphatic carbocycles. The van der Waals surface area contributed by atoms with Crippen molar-refractivity contribution in [2.45, 2.75) is 44.8 Å². The van der Waals surface area contributed by atoms with Gasteiger partial charge in [0.15, 0.2) is 11.5 Å². The van der Waals surface area contributed by atoms with Crippen molar-refractivity contribution in [3.8, 4) is 22.9 Å². The summed E-state index contributed by atoms with van der Waals surface area (Å²) in [6.45, 7) is 2.56. The lowest BCUT2D eigenvalue weighted by Gasteiger charge is -2.22. The summed E-state index contributed by atoms with van der Waals surface area (Å²) in [7, 11) is 0. The quantitative estimate of drug-likeness (QED) is 0.455. The maximum atomic E-state index is 13.3. The van der Waals surface area contributed by atoms with Crippen LogP contribution in [-0.4, -0.2) is 22.3 Å². The SMILES string of the molecule is CC1C(=O)OCc2c1cc1n(c2=O)Cc2c-1nc1cc3c(cc1c2C1CC1)OCO3. The number of hydrogen-bond donors (Lipinski definition) is 0. The Morgan fingerprint density at radius 3 is 2.63 bits per heavy atom. The van der Waals surface area contributed by atoms with Gasteiger partial charge >= 0.3 is 5.97 Å². The summed E-state index contributed by atoms with van der Waals surface area (Å²) in [5, 5.41) is 1.08. The van der Waals surface area contributed by atoms with Gasteiger partial charge in [0.2, 0.25) is 6.79 Å². The number of esters is 1. The molecule has 1 unspecified atom stereocenters. The predicted octanol–water partition coefficient (Wildman–Crippen LogP) is 3.19. The number of rotatable bonds is 1. The monoisotopic (exact) mass is 402 g/mol. The van der Waals surface area contributed by atoms with Crippen molar-refractivity contribution in [1.29, 1.82) is 0 Å². The minimum Gasteiger partial charge on any atom is -0.460 e. The van der Waals surface area contributed by atoms with Gasteiger partial charge in [-0.1, -0.05) is 0 Å². The average Bonchev–Trinajstić information content (AvgIpc) is 3.36. The molecule has 3 aromatic rings. The summed E-state index contributed by atoms with van der Waals surface area (Å²) in [5.41, 5.74) is 6.13. The Morgan fingerprint density at radius 2 is 1.83 bits per heavy atom. The number of nitrogens with zero attached hydrogens (tertiary/aromatic N) is 2. The number of cyclic esters (lactones) is 1. The highest BCUT2D eigenvalue weighted by Crippen LogP contribution is 2.50. The first kappa shape index (κ1) is 16.4. The third-order valence-corrected chi connectivity index (χ3v) is 6.78. The summed E-state index contributed by atoms with van der Waals surface area (Å²) in [6, 6.07) is 5.93. The van der Waals surface area contributed by atoms with E-state index in [1.165, 1.54) is 5.56 Å². The van der Waals surface area contributed by atoms with Crippen molar-refractivity contribution in [3.63, 3.8) is 0 Å². The number of fused-ring (bicyclic) bond motifs is 6. The van der Waals surface area contributed by atoms with Crippen molar-refractivity contribution in [2.24, 2.45) is 0 Å². The van der Waals surface area contributed by atoms with Crippen molar-refractivity contribution < 1.29 is 19.0 Å². The zero-order valence-electron chi connectivity index (χ0n) is 16.4. The van der Waals surface area contributed by atoms with E-state index in [-0.39, 0.29) is 24.9 Å². The van der Waals surface area contributed by atoms with Crippen molar-refractivity contribution in [1.82, 2.24) is 9.55 Å². The molecule has 30 heavy (non-hydrogen) atoms. The maximum Gasteiger partial charge on any atom is 0.313 e. The van der Waals surface area contributed by atoms with Gasteiger partial charge in [0.25, 0.3) is 5.56 Å². The molecule has 7 heteroatoms. The molecule has 3 aliphatic heterocycles. The van der Waals surface area contributed by atoms with Gasteiger partial charge in [-0.2, -0.15) is 0 Å². The van der Waals surface area contributed by atoms with Crippen LogP contribution in [0.25, 0.3) is 22.3 Å². The first-order valence-electron chi connectivity index (χ1n) is 10.3. The van der Waals surface area contributed by atoms with Crippen LogP contribution in [0.2, 0.25) is 0 Å². The van der Waals surface area contributed by atoms with Crippen LogP contribution in [0.15, 0.2) is 23.0 Å². The number of hydrogen-bond acceptors (Lipinski definition) is 6. The molecule has 1 saturated carbocycles. The molecule has 7 nitrogen and oxygen atoms in total. The summed E-state index contributed by atoms with van der Waals surface area (Å²) >= 11 is 0. The Balaban J connectivity index is 1.53. The van der Waals surface area contributed by atoms with Gasteiger partial charge < -0.3 is 18.8 Å². The fourth-order valence-corrected chi connectivity index (χ4v) is 5.07. The molecular formula is C23H18N2O5. The number of carbonyl (C=O) groups excluding carboxylic acids is 1. The molecule has 0 bridgehead atoms. The molecule has 0 N–H and O–H groups in total. The number of carbonyl (C=O) groups is 1. The van der Waals surface area contributed by atoms with Crippen LogP contribution >= 0.6 is 0 Å². The Kier molecular flexibility index (Phi) is 2.97. The average molecular weight is 402 g/mol. The molecule has 0 saturated heterocycles. The Bertz CT molecular complexity index is 1370.